The van der Waals surface area contributed by atoms with Crippen LogP contribution in [0, 0.1) is 0 Å². The lowest BCUT2D eigenvalue weighted by Gasteiger charge is -2.14. The number of rotatable bonds is 8. The van der Waals surface area contributed by atoms with E-state index in [1.54, 1.807) is 24.3 Å². The predicted molar refractivity (Wildman–Crippen MR) is 109 cm³/mol. The molecule has 0 heterocycles. The van der Waals surface area contributed by atoms with Gasteiger partial charge in [-0.2, -0.15) is 0 Å². The van der Waals surface area contributed by atoms with E-state index in [2.05, 4.69) is 10.6 Å². The van der Waals surface area contributed by atoms with Gasteiger partial charge in [-0.3, -0.25) is 9.59 Å². The monoisotopic (exact) mass is 375 g/mol. The molecule has 0 saturated carbocycles. The molecule has 28 heavy (non-hydrogen) atoms. The first-order valence-corrected chi connectivity index (χ1v) is 8.82. The van der Waals surface area contributed by atoms with Crippen molar-refractivity contribution in [3.8, 4) is 5.75 Å². The Balaban J connectivity index is 1.60. The van der Waals surface area contributed by atoms with Crippen LogP contribution in [-0.4, -0.2) is 18.4 Å². The number of hydrogen-bond donors (Lipinski definition) is 3. The van der Waals surface area contributed by atoms with Crippen LogP contribution in [0.1, 0.15) is 15.9 Å². The zero-order valence-corrected chi connectivity index (χ0v) is 15.2. The molecule has 0 aliphatic rings. The fraction of sp³-hybridized carbons (Fsp3) is 0.0909. The van der Waals surface area contributed by atoms with Crippen LogP contribution >= 0.6 is 0 Å². The molecule has 3 aromatic carbocycles. The van der Waals surface area contributed by atoms with Crippen LogP contribution in [0.2, 0.25) is 0 Å². The summed E-state index contributed by atoms with van der Waals surface area (Å²) in [6, 6.07) is 23.9. The first kappa shape index (κ1) is 19.0. The number of ether oxygens (including phenoxy) is 1. The van der Waals surface area contributed by atoms with Gasteiger partial charge in [-0.15, -0.1) is 0 Å². The molecule has 3 rings (SSSR count). The molecule has 0 bridgehead atoms. The van der Waals surface area contributed by atoms with E-state index in [4.69, 9.17) is 10.5 Å². The summed E-state index contributed by atoms with van der Waals surface area (Å²) in [7, 11) is 0. The van der Waals surface area contributed by atoms with Gasteiger partial charge in [0.15, 0.2) is 0 Å². The molecule has 142 valence electrons. The topological polar surface area (TPSA) is 93.5 Å². The predicted octanol–water partition coefficient (Wildman–Crippen LogP) is 3.42. The maximum Gasteiger partial charge on any atom is 0.250 e. The van der Waals surface area contributed by atoms with Gasteiger partial charge in [0.1, 0.15) is 12.4 Å². The molecule has 0 fully saturated rings. The summed E-state index contributed by atoms with van der Waals surface area (Å²) >= 11 is 0. The van der Waals surface area contributed by atoms with Crippen molar-refractivity contribution in [2.75, 3.05) is 17.2 Å². The maximum atomic E-state index is 12.3. The molecular formula is C22H21N3O3. The Morgan fingerprint density at radius 1 is 0.821 bits per heavy atom. The van der Waals surface area contributed by atoms with Gasteiger partial charge in [-0.25, -0.2) is 0 Å². The van der Waals surface area contributed by atoms with Crippen molar-refractivity contribution in [2.45, 2.75) is 6.61 Å². The summed E-state index contributed by atoms with van der Waals surface area (Å²) in [6.45, 7) is 0.441. The summed E-state index contributed by atoms with van der Waals surface area (Å²) in [4.78, 5) is 23.7. The van der Waals surface area contributed by atoms with E-state index in [-0.39, 0.29) is 18.0 Å². The summed E-state index contributed by atoms with van der Waals surface area (Å²) in [5.74, 6) is -0.244. The van der Waals surface area contributed by atoms with Crippen molar-refractivity contribution in [3.05, 3.63) is 90.0 Å². The third-order valence-corrected chi connectivity index (χ3v) is 4.03. The van der Waals surface area contributed by atoms with E-state index in [0.29, 0.717) is 23.7 Å². The molecule has 0 spiro atoms. The molecular weight excluding hydrogens is 354 g/mol. The minimum Gasteiger partial charge on any atom is -0.487 e. The number of amides is 2. The van der Waals surface area contributed by atoms with Gasteiger partial charge in [0.25, 0.3) is 5.91 Å². The summed E-state index contributed by atoms with van der Waals surface area (Å²) in [5.41, 5.74) is 7.74. The molecule has 3 aromatic rings. The molecule has 0 saturated heterocycles. The van der Waals surface area contributed by atoms with Gasteiger partial charge >= 0.3 is 0 Å². The van der Waals surface area contributed by atoms with Gasteiger partial charge in [0.05, 0.1) is 23.5 Å². The Bertz CT molecular complexity index is 958. The molecule has 0 aliphatic heterocycles. The first-order valence-electron chi connectivity index (χ1n) is 8.82. The highest BCUT2D eigenvalue weighted by Crippen LogP contribution is 2.24. The molecule has 0 aromatic heterocycles. The number of benzene rings is 3. The molecule has 6 heteroatoms. The van der Waals surface area contributed by atoms with Gasteiger partial charge in [-0.05, 0) is 29.8 Å². The average Bonchev–Trinajstić information content (AvgIpc) is 2.72. The van der Waals surface area contributed by atoms with Crippen molar-refractivity contribution in [3.63, 3.8) is 0 Å². The zero-order valence-electron chi connectivity index (χ0n) is 15.2. The molecule has 0 atom stereocenters. The Hall–Kier alpha value is -3.80. The Labute approximate surface area is 163 Å². The molecule has 0 unspecified atom stereocenters. The summed E-state index contributed by atoms with van der Waals surface area (Å²) in [6.07, 6.45) is 0. The Morgan fingerprint density at radius 2 is 1.46 bits per heavy atom. The van der Waals surface area contributed by atoms with Crippen LogP contribution < -0.4 is 21.1 Å². The van der Waals surface area contributed by atoms with Crippen LogP contribution in [0.3, 0.4) is 0 Å². The van der Waals surface area contributed by atoms with E-state index in [1.807, 2.05) is 54.6 Å². The minimum absolute atomic E-state index is 0.0127. The van der Waals surface area contributed by atoms with Crippen LogP contribution in [-0.2, 0) is 11.4 Å². The zero-order chi connectivity index (χ0) is 19.8. The first-order chi connectivity index (χ1) is 13.6. The number of nitrogens with two attached hydrogens (primary N) is 1. The molecule has 0 aliphatic carbocycles. The number of anilines is 2. The number of para-hydroxylation sites is 3. The highest BCUT2D eigenvalue weighted by atomic mass is 16.5. The largest absolute Gasteiger partial charge is 0.487 e. The van der Waals surface area contributed by atoms with Crippen LogP contribution in [0.5, 0.6) is 5.75 Å². The number of hydrogen-bond acceptors (Lipinski definition) is 4. The van der Waals surface area contributed by atoms with E-state index in [1.165, 1.54) is 0 Å². The third kappa shape index (κ3) is 5.11. The lowest BCUT2D eigenvalue weighted by atomic mass is 10.1. The Morgan fingerprint density at radius 3 is 2.21 bits per heavy atom. The van der Waals surface area contributed by atoms with E-state index in [0.717, 1.165) is 5.56 Å². The maximum absolute atomic E-state index is 12.3. The third-order valence-electron chi connectivity index (χ3n) is 4.03. The minimum atomic E-state index is -0.594. The van der Waals surface area contributed by atoms with Crippen molar-refractivity contribution in [1.29, 1.82) is 0 Å². The van der Waals surface area contributed by atoms with Gasteiger partial charge in [-0.1, -0.05) is 54.6 Å². The summed E-state index contributed by atoms with van der Waals surface area (Å²) < 4.78 is 5.87. The van der Waals surface area contributed by atoms with Crippen LogP contribution in [0.4, 0.5) is 11.4 Å². The highest BCUT2D eigenvalue weighted by Gasteiger charge is 2.11. The number of carbonyl (C=O) groups excluding carboxylic acids is 2. The van der Waals surface area contributed by atoms with Crippen LogP contribution in [0.15, 0.2) is 78.9 Å². The lowest BCUT2D eigenvalue weighted by Crippen LogP contribution is -2.24. The number of primary amides is 1. The smallest absolute Gasteiger partial charge is 0.250 e. The normalized spacial score (nSPS) is 10.1. The average molecular weight is 375 g/mol. The lowest BCUT2D eigenvalue weighted by molar-refractivity contribution is -0.114. The second-order valence-corrected chi connectivity index (χ2v) is 6.08. The fourth-order valence-electron chi connectivity index (χ4n) is 2.65. The van der Waals surface area contributed by atoms with E-state index in [9.17, 15) is 9.59 Å². The second kappa shape index (κ2) is 9.23. The van der Waals surface area contributed by atoms with Crippen molar-refractivity contribution >= 4 is 23.2 Å². The SMILES string of the molecule is NC(=O)c1ccccc1NC(=O)CNc1ccccc1OCc1ccccc1. The molecule has 4 N–H and O–H groups in total. The van der Waals surface area contributed by atoms with E-state index < -0.39 is 5.91 Å². The molecule has 2 amide bonds. The quantitative estimate of drug-likeness (QED) is 0.562. The van der Waals surface area contributed by atoms with Gasteiger partial charge in [0, 0.05) is 0 Å². The number of carbonyl (C=O) groups is 2. The highest BCUT2D eigenvalue weighted by molar-refractivity contribution is 6.03. The molecule has 0 radical (unpaired) electrons. The van der Waals surface area contributed by atoms with Crippen molar-refractivity contribution in [1.82, 2.24) is 0 Å². The fourth-order valence-corrected chi connectivity index (χ4v) is 2.65. The van der Waals surface area contributed by atoms with Crippen molar-refractivity contribution in [2.24, 2.45) is 5.73 Å². The van der Waals surface area contributed by atoms with E-state index >= 15 is 0 Å². The van der Waals surface area contributed by atoms with Crippen molar-refractivity contribution < 1.29 is 14.3 Å². The second-order valence-electron chi connectivity index (χ2n) is 6.08. The van der Waals surface area contributed by atoms with Gasteiger partial charge < -0.3 is 21.1 Å². The standard InChI is InChI=1S/C22H21N3O3/c23-22(27)17-10-4-5-11-18(17)25-21(26)14-24-19-12-6-7-13-20(19)28-15-16-8-2-1-3-9-16/h1-13,24H,14-15H2,(H2,23,27)(H,25,26). The van der Waals surface area contributed by atoms with Gasteiger partial charge in [0.2, 0.25) is 5.91 Å². The number of nitrogens with one attached hydrogen (secondary N) is 2. The Kier molecular flexibility index (Phi) is 6.25. The van der Waals surface area contributed by atoms with Crippen LogP contribution in [0.25, 0.3) is 0 Å². The summed E-state index contributed by atoms with van der Waals surface area (Å²) in [5, 5.41) is 5.76. The molecule has 6 nitrogen and oxygen atoms in total.